The Balaban J connectivity index is 1.20. The van der Waals surface area contributed by atoms with E-state index in [4.69, 9.17) is 14.7 Å². The summed E-state index contributed by atoms with van der Waals surface area (Å²) in [5.41, 5.74) is 9.83. The molecule has 0 bridgehead atoms. The molecule has 1 fully saturated rings. The fraction of sp³-hybridized carbons (Fsp3) is 0.150. The van der Waals surface area contributed by atoms with Crippen LogP contribution < -0.4 is 4.74 Å². The Morgan fingerprint density at radius 3 is 1.81 bits per heavy atom. The van der Waals surface area contributed by atoms with Crippen LogP contribution in [0.1, 0.15) is 43.6 Å². The van der Waals surface area contributed by atoms with E-state index in [2.05, 4.69) is 91.0 Å². The van der Waals surface area contributed by atoms with Crippen LogP contribution in [0.4, 0.5) is 0 Å². The van der Waals surface area contributed by atoms with E-state index in [9.17, 15) is 0 Å². The van der Waals surface area contributed by atoms with Gasteiger partial charge in [0.15, 0.2) is 0 Å². The Hall–Kier alpha value is -5.02. The van der Waals surface area contributed by atoms with Crippen LogP contribution in [-0.2, 0) is 0 Å². The van der Waals surface area contributed by atoms with Gasteiger partial charge < -0.3 is 4.74 Å². The third-order valence-corrected chi connectivity index (χ3v) is 8.39. The molecule has 7 rings (SSSR count). The van der Waals surface area contributed by atoms with E-state index in [-0.39, 0.29) is 0 Å². The summed E-state index contributed by atoms with van der Waals surface area (Å²) >= 11 is 0. The van der Waals surface area contributed by atoms with Gasteiger partial charge in [-0.05, 0) is 64.8 Å². The molecule has 2 heterocycles. The predicted octanol–water partition coefficient (Wildman–Crippen LogP) is 11.0. The van der Waals surface area contributed by atoms with Gasteiger partial charge in [-0.15, -0.1) is 0 Å². The molecule has 0 atom stereocenters. The average molecular weight is 559 g/mol. The molecule has 0 saturated heterocycles. The number of rotatable bonds is 7. The number of ether oxygens (including phenoxy) is 1. The van der Waals surface area contributed by atoms with Crippen LogP contribution in [0, 0.1) is 0 Å². The largest absolute Gasteiger partial charge is 0.421 e. The summed E-state index contributed by atoms with van der Waals surface area (Å²) in [5, 5.41) is 0. The van der Waals surface area contributed by atoms with E-state index >= 15 is 0 Å². The molecule has 210 valence electrons. The number of aromatic nitrogens is 2. The van der Waals surface area contributed by atoms with Gasteiger partial charge in [0, 0.05) is 23.3 Å². The lowest BCUT2D eigenvalue weighted by Crippen LogP contribution is -2.04. The molecule has 4 aromatic carbocycles. The maximum Gasteiger partial charge on any atom is 0.222 e. The summed E-state index contributed by atoms with van der Waals surface area (Å²) < 4.78 is 6.38. The van der Waals surface area contributed by atoms with Crippen molar-refractivity contribution in [3.63, 3.8) is 0 Å². The van der Waals surface area contributed by atoms with Crippen molar-refractivity contribution in [2.75, 3.05) is 0 Å². The highest BCUT2D eigenvalue weighted by molar-refractivity contribution is 5.73. The van der Waals surface area contributed by atoms with E-state index in [0.717, 1.165) is 39.2 Å². The first kappa shape index (κ1) is 26.9. The normalized spacial score (nSPS) is 13.5. The van der Waals surface area contributed by atoms with Crippen molar-refractivity contribution in [1.29, 1.82) is 0 Å². The zero-order valence-electron chi connectivity index (χ0n) is 24.2. The van der Waals surface area contributed by atoms with Crippen LogP contribution in [0.2, 0.25) is 0 Å². The molecule has 0 unspecified atom stereocenters. The van der Waals surface area contributed by atoms with Gasteiger partial charge in [0.25, 0.3) is 0 Å². The van der Waals surface area contributed by atoms with Gasteiger partial charge in [0.1, 0.15) is 0 Å². The third-order valence-electron chi connectivity index (χ3n) is 8.39. The first-order valence-electron chi connectivity index (χ1n) is 15.3. The Labute approximate surface area is 253 Å². The predicted molar refractivity (Wildman–Crippen MR) is 176 cm³/mol. The summed E-state index contributed by atoms with van der Waals surface area (Å²) in [4.78, 5) is 9.79. The first-order chi connectivity index (χ1) is 21.3. The molecule has 1 aliphatic rings. The topological polar surface area (TPSA) is 35.0 Å². The van der Waals surface area contributed by atoms with Crippen LogP contribution in [0.15, 0.2) is 140 Å². The zero-order chi connectivity index (χ0) is 28.8. The van der Waals surface area contributed by atoms with Gasteiger partial charge in [0.2, 0.25) is 11.8 Å². The van der Waals surface area contributed by atoms with Crippen LogP contribution in [-0.4, -0.2) is 9.97 Å². The van der Waals surface area contributed by atoms with Crippen LogP contribution in [0.25, 0.3) is 44.8 Å². The standard InChI is InChI=1S/C40H34N2O/c1-4-12-29(13-5-1)31-22-24-32(25-23-31)36-27-38(33-16-8-3-9-17-33)42-40(28-36)43-39-21-11-20-37(41-39)35-19-10-18-34(26-35)30-14-6-2-7-15-30/h2-3,6-11,14-29H,1,4-5,12-13H2. The molecule has 0 amide bonds. The zero-order valence-corrected chi connectivity index (χ0v) is 24.2. The highest BCUT2D eigenvalue weighted by atomic mass is 16.5. The smallest absolute Gasteiger partial charge is 0.222 e. The van der Waals surface area contributed by atoms with Crippen molar-refractivity contribution in [3.05, 3.63) is 145 Å². The van der Waals surface area contributed by atoms with Crippen molar-refractivity contribution in [2.45, 2.75) is 38.0 Å². The van der Waals surface area contributed by atoms with Gasteiger partial charge in [0.05, 0.1) is 11.4 Å². The molecule has 0 aliphatic heterocycles. The second-order valence-electron chi connectivity index (χ2n) is 11.3. The van der Waals surface area contributed by atoms with E-state index < -0.39 is 0 Å². The van der Waals surface area contributed by atoms with Crippen molar-refractivity contribution in [3.8, 4) is 56.5 Å². The monoisotopic (exact) mass is 558 g/mol. The minimum Gasteiger partial charge on any atom is -0.421 e. The molecule has 1 aliphatic carbocycles. The lowest BCUT2D eigenvalue weighted by Gasteiger charge is -2.22. The molecule has 3 nitrogen and oxygen atoms in total. The highest BCUT2D eigenvalue weighted by Gasteiger charge is 2.16. The molecular weight excluding hydrogens is 524 g/mol. The Morgan fingerprint density at radius 1 is 0.419 bits per heavy atom. The highest BCUT2D eigenvalue weighted by Crippen LogP contribution is 2.35. The number of benzene rings is 4. The summed E-state index contributed by atoms with van der Waals surface area (Å²) in [6, 6.07) is 48.3. The van der Waals surface area contributed by atoms with Gasteiger partial charge in [-0.2, -0.15) is 0 Å². The Morgan fingerprint density at radius 2 is 1.05 bits per heavy atom. The fourth-order valence-corrected chi connectivity index (χ4v) is 6.09. The van der Waals surface area contributed by atoms with E-state index in [0.29, 0.717) is 17.7 Å². The molecule has 0 radical (unpaired) electrons. The molecular formula is C40H34N2O. The van der Waals surface area contributed by atoms with Gasteiger partial charge in [-0.3, -0.25) is 0 Å². The van der Waals surface area contributed by atoms with Crippen LogP contribution in [0.5, 0.6) is 11.8 Å². The van der Waals surface area contributed by atoms with Crippen molar-refractivity contribution in [2.24, 2.45) is 0 Å². The van der Waals surface area contributed by atoms with E-state index in [1.165, 1.54) is 43.2 Å². The van der Waals surface area contributed by atoms with Crippen LogP contribution >= 0.6 is 0 Å². The third kappa shape index (κ3) is 6.27. The molecule has 0 spiro atoms. The minimum atomic E-state index is 0.513. The second kappa shape index (κ2) is 12.5. The summed E-state index contributed by atoms with van der Waals surface area (Å²) in [7, 11) is 0. The van der Waals surface area contributed by atoms with Crippen molar-refractivity contribution >= 4 is 0 Å². The lowest BCUT2D eigenvalue weighted by molar-refractivity contribution is 0.443. The van der Waals surface area contributed by atoms with Gasteiger partial charge in [-0.25, -0.2) is 9.97 Å². The van der Waals surface area contributed by atoms with E-state index in [1.54, 1.807) is 0 Å². The fourth-order valence-electron chi connectivity index (χ4n) is 6.09. The molecule has 43 heavy (non-hydrogen) atoms. The maximum absolute atomic E-state index is 6.38. The quantitative estimate of drug-likeness (QED) is 0.195. The molecule has 0 N–H and O–H groups in total. The Kier molecular flexibility index (Phi) is 7.78. The average Bonchev–Trinajstić information content (AvgIpc) is 3.09. The Bertz CT molecular complexity index is 1810. The minimum absolute atomic E-state index is 0.513. The summed E-state index contributed by atoms with van der Waals surface area (Å²) in [6.07, 6.45) is 6.65. The summed E-state index contributed by atoms with van der Waals surface area (Å²) in [6.45, 7) is 0. The van der Waals surface area contributed by atoms with Gasteiger partial charge in [-0.1, -0.05) is 128 Å². The first-order valence-corrected chi connectivity index (χ1v) is 15.3. The lowest BCUT2D eigenvalue weighted by atomic mass is 9.84. The second-order valence-corrected chi connectivity index (χ2v) is 11.3. The van der Waals surface area contributed by atoms with E-state index in [1.807, 2.05) is 48.5 Å². The SMILES string of the molecule is c1ccc(-c2cccc(-c3cccc(Oc4cc(-c5ccc(C6CCCCC6)cc5)cc(-c5ccccc5)n4)n3)c2)cc1. The van der Waals surface area contributed by atoms with Crippen molar-refractivity contribution < 1.29 is 4.74 Å². The van der Waals surface area contributed by atoms with Crippen LogP contribution in [0.3, 0.4) is 0 Å². The number of hydrogen-bond acceptors (Lipinski definition) is 3. The molecule has 2 aromatic heterocycles. The van der Waals surface area contributed by atoms with Crippen molar-refractivity contribution in [1.82, 2.24) is 9.97 Å². The molecule has 3 heteroatoms. The van der Waals surface area contributed by atoms with Gasteiger partial charge >= 0.3 is 0 Å². The molecule has 1 saturated carbocycles. The number of nitrogens with zero attached hydrogens (tertiary/aromatic N) is 2. The molecule has 6 aromatic rings. The number of hydrogen-bond donors (Lipinski definition) is 0. The maximum atomic E-state index is 6.38. The summed E-state index contributed by atoms with van der Waals surface area (Å²) in [5.74, 6) is 1.72. The number of pyridine rings is 2.